The highest BCUT2D eigenvalue weighted by Gasteiger charge is 2.09. The minimum Gasteiger partial charge on any atom is -0.356 e. The smallest absolute Gasteiger partial charge is 0.220 e. The molecule has 2 aromatic heterocycles. The summed E-state index contributed by atoms with van der Waals surface area (Å²) in [6, 6.07) is 8.44. The van der Waals surface area contributed by atoms with Crippen molar-refractivity contribution < 1.29 is 4.79 Å². The van der Waals surface area contributed by atoms with Gasteiger partial charge in [0.25, 0.3) is 0 Å². The molecule has 4 nitrogen and oxygen atoms in total. The second-order valence-electron chi connectivity index (χ2n) is 5.26. The molecule has 1 aromatic carbocycles. The molecule has 3 rings (SSSR count). The molecule has 4 heteroatoms. The predicted octanol–water partition coefficient (Wildman–Crippen LogP) is 2.80. The molecule has 108 valence electrons. The van der Waals surface area contributed by atoms with E-state index in [-0.39, 0.29) is 5.91 Å². The Balaban J connectivity index is 1.95. The molecule has 0 aliphatic carbocycles. The molecule has 0 radical (unpaired) electrons. The van der Waals surface area contributed by atoms with Gasteiger partial charge in [0.05, 0.1) is 5.52 Å². The van der Waals surface area contributed by atoms with Gasteiger partial charge in [-0.1, -0.05) is 12.1 Å². The van der Waals surface area contributed by atoms with Crippen LogP contribution in [0.1, 0.15) is 18.9 Å². The summed E-state index contributed by atoms with van der Waals surface area (Å²) < 4.78 is 2.18. The second-order valence-corrected chi connectivity index (χ2v) is 5.26. The molecular formula is C17H19N3O. The van der Waals surface area contributed by atoms with Crippen LogP contribution in [-0.2, 0) is 18.3 Å². The number of carbonyl (C=O) groups is 1. The van der Waals surface area contributed by atoms with E-state index in [2.05, 4.69) is 40.1 Å². The number of carbonyl (C=O) groups excluding carboxylic acids is 1. The lowest BCUT2D eigenvalue weighted by molar-refractivity contribution is -0.120. The van der Waals surface area contributed by atoms with Gasteiger partial charge in [0.1, 0.15) is 0 Å². The van der Waals surface area contributed by atoms with Crippen molar-refractivity contribution in [1.82, 2.24) is 14.9 Å². The van der Waals surface area contributed by atoms with Crippen LogP contribution >= 0.6 is 0 Å². The minimum atomic E-state index is 0.110. The first kappa shape index (κ1) is 13.6. The van der Waals surface area contributed by atoms with E-state index in [0.29, 0.717) is 13.0 Å². The van der Waals surface area contributed by atoms with Crippen molar-refractivity contribution in [1.29, 1.82) is 0 Å². The molecule has 2 heterocycles. The van der Waals surface area contributed by atoms with Crippen LogP contribution in [0.4, 0.5) is 0 Å². The summed E-state index contributed by atoms with van der Waals surface area (Å²) in [6.45, 7) is 2.63. The summed E-state index contributed by atoms with van der Waals surface area (Å²) >= 11 is 0. The van der Waals surface area contributed by atoms with Crippen LogP contribution in [0.15, 0.2) is 36.7 Å². The van der Waals surface area contributed by atoms with Gasteiger partial charge in [-0.05, 0) is 31.0 Å². The van der Waals surface area contributed by atoms with Crippen molar-refractivity contribution in [2.45, 2.75) is 19.8 Å². The third-order valence-electron chi connectivity index (χ3n) is 3.89. The molecular weight excluding hydrogens is 262 g/mol. The Hall–Kier alpha value is -2.36. The molecule has 0 aliphatic rings. The van der Waals surface area contributed by atoms with Crippen LogP contribution < -0.4 is 5.32 Å². The summed E-state index contributed by atoms with van der Waals surface area (Å²) in [6.07, 6.45) is 5.02. The van der Waals surface area contributed by atoms with Gasteiger partial charge in [0.15, 0.2) is 0 Å². The van der Waals surface area contributed by atoms with Crippen LogP contribution in [0.5, 0.6) is 0 Å². The van der Waals surface area contributed by atoms with E-state index in [1.807, 2.05) is 25.4 Å². The molecule has 1 N–H and O–H groups in total. The van der Waals surface area contributed by atoms with Crippen LogP contribution in [-0.4, -0.2) is 22.0 Å². The van der Waals surface area contributed by atoms with Crippen molar-refractivity contribution in [3.8, 4) is 0 Å². The lowest BCUT2D eigenvalue weighted by Gasteiger charge is -2.04. The van der Waals surface area contributed by atoms with Crippen molar-refractivity contribution in [2.75, 3.05) is 6.54 Å². The Morgan fingerprint density at radius 2 is 2.10 bits per heavy atom. The fraction of sp³-hybridized carbons (Fsp3) is 0.294. The standard InChI is InChI=1S/C17H19N3O/c1-3-19-17(21)7-5-12-4-6-13-14-11-18-9-8-15(14)20(2)16(13)10-12/h4,6,8-11H,3,5,7H2,1-2H3,(H,19,21). The van der Waals surface area contributed by atoms with Gasteiger partial charge in [-0.3, -0.25) is 9.78 Å². The summed E-state index contributed by atoms with van der Waals surface area (Å²) in [5.74, 6) is 0.110. The average Bonchev–Trinajstić information content (AvgIpc) is 2.79. The lowest BCUT2D eigenvalue weighted by atomic mass is 10.1. The molecule has 0 atom stereocenters. The Morgan fingerprint density at radius 3 is 2.90 bits per heavy atom. The largest absolute Gasteiger partial charge is 0.356 e. The number of nitrogens with zero attached hydrogens (tertiary/aromatic N) is 2. The number of pyridine rings is 1. The molecule has 3 aromatic rings. The normalized spacial score (nSPS) is 11.1. The minimum absolute atomic E-state index is 0.110. The molecule has 0 unspecified atom stereocenters. The third-order valence-corrected chi connectivity index (χ3v) is 3.89. The Labute approximate surface area is 123 Å². The molecule has 0 spiro atoms. The van der Waals surface area contributed by atoms with Gasteiger partial charge >= 0.3 is 0 Å². The molecule has 0 fully saturated rings. The van der Waals surface area contributed by atoms with E-state index in [9.17, 15) is 4.79 Å². The fourth-order valence-corrected chi connectivity index (χ4v) is 2.80. The molecule has 0 saturated carbocycles. The Morgan fingerprint density at radius 1 is 1.24 bits per heavy atom. The summed E-state index contributed by atoms with van der Waals surface area (Å²) in [4.78, 5) is 15.8. The first-order valence-corrected chi connectivity index (χ1v) is 7.28. The summed E-state index contributed by atoms with van der Waals surface area (Å²) in [5, 5.41) is 5.22. The van der Waals surface area contributed by atoms with Gasteiger partial charge in [-0.15, -0.1) is 0 Å². The lowest BCUT2D eigenvalue weighted by Crippen LogP contribution is -2.22. The number of aromatic nitrogens is 2. The first-order chi connectivity index (χ1) is 10.2. The van der Waals surface area contributed by atoms with E-state index < -0.39 is 0 Å². The zero-order valence-corrected chi connectivity index (χ0v) is 12.4. The fourth-order valence-electron chi connectivity index (χ4n) is 2.80. The molecule has 21 heavy (non-hydrogen) atoms. The van der Waals surface area contributed by atoms with Gasteiger partial charge < -0.3 is 9.88 Å². The number of rotatable bonds is 4. The zero-order chi connectivity index (χ0) is 14.8. The number of aryl methyl sites for hydroxylation is 2. The van der Waals surface area contributed by atoms with Gasteiger partial charge in [0.2, 0.25) is 5.91 Å². The molecule has 0 saturated heterocycles. The zero-order valence-electron chi connectivity index (χ0n) is 12.4. The molecule has 1 amide bonds. The third kappa shape index (κ3) is 2.49. The Bertz CT molecular complexity index is 804. The monoisotopic (exact) mass is 281 g/mol. The average molecular weight is 281 g/mol. The maximum atomic E-state index is 11.6. The number of hydrogen-bond donors (Lipinski definition) is 1. The SMILES string of the molecule is CCNC(=O)CCc1ccc2c3cnccc3n(C)c2c1. The van der Waals surface area contributed by atoms with Crippen LogP contribution in [0, 0.1) is 0 Å². The first-order valence-electron chi connectivity index (χ1n) is 7.28. The highest BCUT2D eigenvalue weighted by molar-refractivity contribution is 6.07. The van der Waals surface area contributed by atoms with E-state index >= 15 is 0 Å². The van der Waals surface area contributed by atoms with E-state index in [1.54, 1.807) is 0 Å². The van der Waals surface area contributed by atoms with Crippen LogP contribution in [0.25, 0.3) is 21.8 Å². The van der Waals surface area contributed by atoms with E-state index in [4.69, 9.17) is 0 Å². The van der Waals surface area contributed by atoms with Crippen molar-refractivity contribution in [3.63, 3.8) is 0 Å². The van der Waals surface area contributed by atoms with Crippen molar-refractivity contribution >= 4 is 27.7 Å². The van der Waals surface area contributed by atoms with E-state index in [0.717, 1.165) is 6.42 Å². The summed E-state index contributed by atoms with van der Waals surface area (Å²) in [7, 11) is 2.07. The number of amides is 1. The number of benzene rings is 1. The maximum Gasteiger partial charge on any atom is 0.220 e. The van der Waals surface area contributed by atoms with Crippen molar-refractivity contribution in [2.24, 2.45) is 7.05 Å². The quantitative estimate of drug-likeness (QED) is 0.799. The predicted molar refractivity (Wildman–Crippen MR) is 85.2 cm³/mol. The molecule has 0 aliphatic heterocycles. The maximum absolute atomic E-state index is 11.6. The topological polar surface area (TPSA) is 46.9 Å². The van der Waals surface area contributed by atoms with Gasteiger partial charge in [-0.25, -0.2) is 0 Å². The van der Waals surface area contributed by atoms with Gasteiger partial charge in [0, 0.05) is 48.7 Å². The number of fused-ring (bicyclic) bond motifs is 3. The van der Waals surface area contributed by atoms with Crippen LogP contribution in [0.3, 0.4) is 0 Å². The highest BCUT2D eigenvalue weighted by atomic mass is 16.1. The highest BCUT2D eigenvalue weighted by Crippen LogP contribution is 2.28. The van der Waals surface area contributed by atoms with E-state index in [1.165, 1.54) is 27.4 Å². The molecule has 0 bridgehead atoms. The Kier molecular flexibility index (Phi) is 3.60. The van der Waals surface area contributed by atoms with Crippen LogP contribution in [0.2, 0.25) is 0 Å². The van der Waals surface area contributed by atoms with Gasteiger partial charge in [-0.2, -0.15) is 0 Å². The summed E-state index contributed by atoms with van der Waals surface area (Å²) in [5.41, 5.74) is 3.56. The van der Waals surface area contributed by atoms with Crippen molar-refractivity contribution in [3.05, 3.63) is 42.2 Å². The number of hydrogen-bond acceptors (Lipinski definition) is 2. The second kappa shape index (κ2) is 5.56. The number of nitrogens with one attached hydrogen (secondary N) is 1.